The summed E-state index contributed by atoms with van der Waals surface area (Å²) in [7, 11) is -6.68. The third-order valence-electron chi connectivity index (χ3n) is 4.23. The van der Waals surface area contributed by atoms with Gasteiger partial charge in [0.15, 0.2) is 9.84 Å². The number of sulfone groups is 1. The van der Waals surface area contributed by atoms with Gasteiger partial charge in [0.1, 0.15) is 5.82 Å². The first-order chi connectivity index (χ1) is 12.1. The van der Waals surface area contributed by atoms with Crippen LogP contribution < -0.4 is 10.0 Å². The number of rotatable bonds is 5. The topological polar surface area (TPSA) is 105 Å². The van der Waals surface area contributed by atoms with Crippen molar-refractivity contribution in [3.05, 3.63) is 47.7 Å². The summed E-state index contributed by atoms with van der Waals surface area (Å²) in [5.41, 5.74) is 2.31. The summed E-state index contributed by atoms with van der Waals surface area (Å²) in [4.78, 5) is 4.32. The van der Waals surface area contributed by atoms with Gasteiger partial charge >= 0.3 is 0 Å². The molecule has 1 aromatic carbocycles. The number of sulfonamides is 1. The van der Waals surface area contributed by atoms with Crippen molar-refractivity contribution in [2.75, 3.05) is 21.5 Å². The van der Waals surface area contributed by atoms with Gasteiger partial charge in [0.05, 0.1) is 28.3 Å². The molecule has 0 saturated carbocycles. The van der Waals surface area contributed by atoms with Gasteiger partial charge in [-0.1, -0.05) is 17.7 Å². The molecule has 7 nitrogen and oxygen atoms in total. The van der Waals surface area contributed by atoms with Crippen LogP contribution in [0.3, 0.4) is 0 Å². The van der Waals surface area contributed by atoms with Gasteiger partial charge in [-0.05, 0) is 44.0 Å². The Morgan fingerprint density at radius 3 is 2.50 bits per heavy atom. The highest BCUT2D eigenvalue weighted by atomic mass is 32.2. The highest BCUT2D eigenvalue weighted by molar-refractivity contribution is 7.92. The molecule has 0 aliphatic carbocycles. The largest absolute Gasteiger partial charge is 0.380 e. The van der Waals surface area contributed by atoms with Gasteiger partial charge in [0.2, 0.25) is 0 Å². The van der Waals surface area contributed by atoms with E-state index in [1.165, 1.54) is 6.20 Å². The van der Waals surface area contributed by atoms with Gasteiger partial charge in [-0.2, -0.15) is 0 Å². The number of aromatic nitrogens is 1. The zero-order chi connectivity index (χ0) is 18.9. The van der Waals surface area contributed by atoms with E-state index in [0.29, 0.717) is 17.7 Å². The molecule has 3 rings (SSSR count). The molecule has 1 aliphatic heterocycles. The first-order valence-electron chi connectivity index (χ1n) is 8.18. The Balaban J connectivity index is 1.71. The second kappa shape index (κ2) is 6.88. The minimum Gasteiger partial charge on any atom is -0.380 e. The molecule has 26 heavy (non-hydrogen) atoms. The predicted octanol–water partition coefficient (Wildman–Crippen LogP) is 2.10. The van der Waals surface area contributed by atoms with Gasteiger partial charge in [0.25, 0.3) is 10.0 Å². The molecule has 9 heteroatoms. The third-order valence-corrected chi connectivity index (χ3v) is 7.51. The van der Waals surface area contributed by atoms with Crippen LogP contribution >= 0.6 is 0 Å². The maximum atomic E-state index is 12.5. The molecular weight excluding hydrogens is 374 g/mol. The maximum absolute atomic E-state index is 12.5. The van der Waals surface area contributed by atoms with Gasteiger partial charge in [-0.15, -0.1) is 0 Å². The van der Waals surface area contributed by atoms with E-state index in [4.69, 9.17) is 0 Å². The Morgan fingerprint density at radius 2 is 1.92 bits per heavy atom. The lowest BCUT2D eigenvalue weighted by atomic mass is 10.2. The Labute approximate surface area is 153 Å². The highest BCUT2D eigenvalue weighted by Crippen LogP contribution is 2.21. The van der Waals surface area contributed by atoms with Crippen LogP contribution in [0.2, 0.25) is 0 Å². The molecule has 0 bridgehead atoms. The summed E-state index contributed by atoms with van der Waals surface area (Å²) >= 11 is 0. The summed E-state index contributed by atoms with van der Waals surface area (Å²) in [6.45, 7) is 3.65. The monoisotopic (exact) mass is 395 g/mol. The Hall–Kier alpha value is -2.13. The van der Waals surface area contributed by atoms with Crippen molar-refractivity contribution in [1.29, 1.82) is 0 Å². The number of hydrogen-bond donors (Lipinski definition) is 2. The van der Waals surface area contributed by atoms with E-state index in [-0.39, 0.29) is 28.3 Å². The SMILES string of the molecule is Cc1ccc(S(=O)(=O)Nc2ccc(NC3CCS(=O)(=O)C3)cn2)c(C)c1. The number of benzene rings is 1. The summed E-state index contributed by atoms with van der Waals surface area (Å²) in [5, 5.41) is 3.11. The quantitative estimate of drug-likeness (QED) is 0.803. The molecule has 2 N–H and O–H groups in total. The standard InChI is InChI=1S/C17H21N3O4S2/c1-12-3-5-16(13(2)9-12)26(23,24)20-17-6-4-14(10-18-17)19-15-7-8-25(21,22)11-15/h3-6,9-10,15,19H,7-8,11H2,1-2H3,(H,18,20). The van der Waals surface area contributed by atoms with E-state index in [9.17, 15) is 16.8 Å². The number of hydrogen-bond acceptors (Lipinski definition) is 6. The van der Waals surface area contributed by atoms with Crippen molar-refractivity contribution in [2.45, 2.75) is 31.2 Å². The smallest absolute Gasteiger partial charge is 0.263 e. The molecule has 0 spiro atoms. The van der Waals surface area contributed by atoms with Crippen LogP contribution in [-0.4, -0.2) is 39.4 Å². The number of nitrogens with one attached hydrogen (secondary N) is 2. The predicted molar refractivity (Wildman–Crippen MR) is 102 cm³/mol. The third kappa shape index (κ3) is 4.34. The molecule has 1 aromatic heterocycles. The number of anilines is 2. The Morgan fingerprint density at radius 1 is 1.15 bits per heavy atom. The van der Waals surface area contributed by atoms with Crippen LogP contribution in [0.15, 0.2) is 41.4 Å². The minimum atomic E-state index is -3.72. The normalized spacial score (nSPS) is 19.2. The Kier molecular flexibility index (Phi) is 4.94. The fraction of sp³-hybridized carbons (Fsp3) is 0.353. The summed E-state index contributed by atoms with van der Waals surface area (Å²) in [6, 6.07) is 8.22. The van der Waals surface area contributed by atoms with Crippen molar-refractivity contribution in [1.82, 2.24) is 4.98 Å². The van der Waals surface area contributed by atoms with E-state index < -0.39 is 19.9 Å². The summed E-state index contributed by atoms with van der Waals surface area (Å²) < 4.78 is 50.5. The molecule has 1 saturated heterocycles. The highest BCUT2D eigenvalue weighted by Gasteiger charge is 2.27. The van der Waals surface area contributed by atoms with E-state index >= 15 is 0 Å². The minimum absolute atomic E-state index is 0.105. The van der Waals surface area contributed by atoms with Crippen LogP contribution in [0.4, 0.5) is 11.5 Å². The summed E-state index contributed by atoms with van der Waals surface area (Å²) in [6.07, 6.45) is 2.05. The van der Waals surface area contributed by atoms with Crippen molar-refractivity contribution in [3.63, 3.8) is 0 Å². The fourth-order valence-electron chi connectivity index (χ4n) is 2.98. The molecule has 1 unspecified atom stereocenters. The second-order valence-corrected chi connectivity index (χ2v) is 10.4. The van der Waals surface area contributed by atoms with Crippen molar-refractivity contribution < 1.29 is 16.8 Å². The lowest BCUT2D eigenvalue weighted by molar-refractivity contribution is 0.599. The fourth-order valence-corrected chi connectivity index (χ4v) is 5.89. The molecule has 0 radical (unpaired) electrons. The van der Waals surface area contributed by atoms with E-state index in [2.05, 4.69) is 15.0 Å². The molecule has 2 heterocycles. The van der Waals surface area contributed by atoms with Crippen LogP contribution in [0.25, 0.3) is 0 Å². The van der Waals surface area contributed by atoms with Gasteiger partial charge in [-0.3, -0.25) is 4.72 Å². The van der Waals surface area contributed by atoms with E-state index in [0.717, 1.165) is 5.56 Å². The van der Waals surface area contributed by atoms with Crippen molar-refractivity contribution in [2.24, 2.45) is 0 Å². The van der Waals surface area contributed by atoms with Crippen LogP contribution in [0, 0.1) is 13.8 Å². The zero-order valence-electron chi connectivity index (χ0n) is 14.6. The van der Waals surface area contributed by atoms with Crippen molar-refractivity contribution in [3.8, 4) is 0 Å². The van der Waals surface area contributed by atoms with Crippen LogP contribution in [0.5, 0.6) is 0 Å². The van der Waals surface area contributed by atoms with Gasteiger partial charge in [-0.25, -0.2) is 21.8 Å². The van der Waals surface area contributed by atoms with Gasteiger partial charge < -0.3 is 5.32 Å². The zero-order valence-corrected chi connectivity index (χ0v) is 16.2. The molecule has 1 fully saturated rings. The van der Waals surface area contributed by atoms with E-state index in [1.54, 1.807) is 31.2 Å². The molecule has 2 aromatic rings. The molecule has 0 amide bonds. The van der Waals surface area contributed by atoms with Crippen LogP contribution in [0.1, 0.15) is 17.5 Å². The average Bonchev–Trinajstić information content (AvgIpc) is 2.87. The Bertz CT molecular complexity index is 1020. The van der Waals surface area contributed by atoms with Gasteiger partial charge in [0, 0.05) is 6.04 Å². The van der Waals surface area contributed by atoms with Crippen LogP contribution in [-0.2, 0) is 19.9 Å². The summed E-state index contributed by atoms with van der Waals surface area (Å²) in [5.74, 6) is 0.495. The second-order valence-electron chi connectivity index (χ2n) is 6.55. The molecular formula is C17H21N3O4S2. The van der Waals surface area contributed by atoms with E-state index in [1.807, 2.05) is 13.0 Å². The molecule has 1 aliphatic rings. The average molecular weight is 396 g/mol. The first-order valence-corrected chi connectivity index (χ1v) is 11.5. The lowest BCUT2D eigenvalue weighted by Gasteiger charge is -2.13. The molecule has 1 atom stereocenters. The first kappa shape index (κ1) is 18.7. The number of nitrogens with zero attached hydrogens (tertiary/aromatic N) is 1. The lowest BCUT2D eigenvalue weighted by Crippen LogP contribution is -2.20. The molecule has 140 valence electrons. The number of pyridine rings is 1. The maximum Gasteiger partial charge on any atom is 0.263 e. The number of aryl methyl sites for hydroxylation is 2. The van der Waals surface area contributed by atoms with Crippen molar-refractivity contribution >= 4 is 31.4 Å².